The molecule has 0 aromatic heterocycles. The molecular formula is C21H33NO2. The van der Waals surface area contributed by atoms with Gasteiger partial charge in [0.25, 0.3) is 0 Å². The van der Waals surface area contributed by atoms with E-state index in [1.165, 1.54) is 11.1 Å². The van der Waals surface area contributed by atoms with E-state index < -0.39 is 0 Å². The van der Waals surface area contributed by atoms with Gasteiger partial charge in [-0.15, -0.1) is 0 Å². The van der Waals surface area contributed by atoms with Crippen molar-refractivity contribution in [3.8, 4) is 0 Å². The first-order valence-electron chi connectivity index (χ1n) is 9.26. The average Bonchev–Trinajstić information content (AvgIpc) is 2.53. The van der Waals surface area contributed by atoms with E-state index in [1.807, 2.05) is 25.7 Å². The number of nitrogens with zero attached hydrogens (tertiary/aromatic N) is 1. The fourth-order valence-electron chi connectivity index (χ4n) is 3.41. The second-order valence-corrected chi connectivity index (χ2v) is 8.04. The molecule has 0 aliphatic carbocycles. The normalized spacial score (nSPS) is 23.2. The molecule has 3 atom stereocenters. The Kier molecular flexibility index (Phi) is 6.08. The van der Waals surface area contributed by atoms with E-state index in [2.05, 4.69) is 45.0 Å². The second kappa shape index (κ2) is 7.69. The number of hydrogen-bond donors (Lipinski definition) is 0. The van der Waals surface area contributed by atoms with Gasteiger partial charge in [0.2, 0.25) is 5.91 Å². The predicted molar refractivity (Wildman–Crippen MR) is 99.2 cm³/mol. The van der Waals surface area contributed by atoms with Crippen LogP contribution in [-0.4, -0.2) is 36.1 Å². The quantitative estimate of drug-likeness (QED) is 0.810. The molecule has 3 nitrogen and oxygen atoms in total. The maximum Gasteiger partial charge on any atom is 0.225 e. The van der Waals surface area contributed by atoms with Gasteiger partial charge in [-0.25, -0.2) is 0 Å². The molecule has 1 fully saturated rings. The van der Waals surface area contributed by atoms with E-state index in [0.717, 1.165) is 12.8 Å². The Balaban J connectivity index is 1.98. The first-order valence-corrected chi connectivity index (χ1v) is 9.26. The lowest BCUT2D eigenvalue weighted by Crippen LogP contribution is -2.50. The molecule has 1 aromatic rings. The SMILES string of the molecule is CCC(C)(C)c1ccc(CC(C)C(=O)N2CC(C)OC(C)C2)cc1. The smallest absolute Gasteiger partial charge is 0.225 e. The third kappa shape index (κ3) is 4.60. The van der Waals surface area contributed by atoms with Gasteiger partial charge in [-0.1, -0.05) is 52.0 Å². The van der Waals surface area contributed by atoms with Crippen LogP contribution >= 0.6 is 0 Å². The summed E-state index contributed by atoms with van der Waals surface area (Å²) >= 11 is 0. The third-order valence-electron chi connectivity index (χ3n) is 5.31. The highest BCUT2D eigenvalue weighted by Crippen LogP contribution is 2.27. The van der Waals surface area contributed by atoms with Gasteiger partial charge in [0, 0.05) is 19.0 Å². The van der Waals surface area contributed by atoms with Gasteiger partial charge in [0.05, 0.1) is 12.2 Å². The molecular weight excluding hydrogens is 298 g/mol. The molecule has 0 spiro atoms. The highest BCUT2D eigenvalue weighted by Gasteiger charge is 2.28. The lowest BCUT2D eigenvalue weighted by molar-refractivity contribution is -0.146. The van der Waals surface area contributed by atoms with E-state index in [-0.39, 0.29) is 29.4 Å². The molecule has 3 unspecified atom stereocenters. The summed E-state index contributed by atoms with van der Waals surface area (Å²) in [6.07, 6.45) is 2.17. The Hall–Kier alpha value is -1.35. The number of ether oxygens (including phenoxy) is 1. The molecule has 24 heavy (non-hydrogen) atoms. The molecule has 1 aromatic carbocycles. The van der Waals surface area contributed by atoms with Crippen LogP contribution in [0.3, 0.4) is 0 Å². The maximum absolute atomic E-state index is 12.7. The molecule has 1 aliphatic heterocycles. The minimum Gasteiger partial charge on any atom is -0.372 e. The second-order valence-electron chi connectivity index (χ2n) is 8.04. The van der Waals surface area contributed by atoms with Crippen LogP contribution < -0.4 is 0 Å². The van der Waals surface area contributed by atoms with Crippen LogP contribution in [-0.2, 0) is 21.4 Å². The Labute approximate surface area is 147 Å². The van der Waals surface area contributed by atoms with E-state index in [0.29, 0.717) is 13.1 Å². The van der Waals surface area contributed by atoms with Crippen molar-refractivity contribution < 1.29 is 9.53 Å². The lowest BCUT2D eigenvalue weighted by Gasteiger charge is -2.36. The number of benzene rings is 1. The fourth-order valence-corrected chi connectivity index (χ4v) is 3.41. The number of carbonyl (C=O) groups is 1. The minimum absolute atomic E-state index is 0.00698. The van der Waals surface area contributed by atoms with Gasteiger partial charge in [-0.2, -0.15) is 0 Å². The van der Waals surface area contributed by atoms with Crippen LogP contribution in [0.5, 0.6) is 0 Å². The summed E-state index contributed by atoms with van der Waals surface area (Å²) in [6.45, 7) is 14.3. The van der Waals surface area contributed by atoms with E-state index >= 15 is 0 Å². The summed E-state index contributed by atoms with van der Waals surface area (Å²) in [6, 6.07) is 8.80. The lowest BCUT2D eigenvalue weighted by atomic mass is 9.82. The highest BCUT2D eigenvalue weighted by molar-refractivity contribution is 5.79. The fraction of sp³-hybridized carbons (Fsp3) is 0.667. The Bertz CT molecular complexity index is 539. The molecule has 1 aliphatic rings. The van der Waals surface area contributed by atoms with Crippen molar-refractivity contribution in [3.63, 3.8) is 0 Å². The topological polar surface area (TPSA) is 29.5 Å². The summed E-state index contributed by atoms with van der Waals surface area (Å²) in [5, 5.41) is 0. The summed E-state index contributed by atoms with van der Waals surface area (Å²) in [5.74, 6) is 0.252. The first kappa shape index (κ1) is 19.0. The minimum atomic E-state index is 0.00698. The molecule has 0 radical (unpaired) electrons. The van der Waals surface area contributed by atoms with Gasteiger partial charge in [0.15, 0.2) is 0 Å². The zero-order valence-corrected chi connectivity index (χ0v) is 16.1. The number of amides is 1. The van der Waals surface area contributed by atoms with E-state index in [4.69, 9.17) is 4.74 Å². The maximum atomic E-state index is 12.7. The molecule has 1 heterocycles. The average molecular weight is 332 g/mol. The van der Waals surface area contributed by atoms with Crippen LogP contribution in [0.2, 0.25) is 0 Å². The van der Waals surface area contributed by atoms with Crippen molar-refractivity contribution in [1.29, 1.82) is 0 Å². The van der Waals surface area contributed by atoms with Crippen LogP contribution in [0, 0.1) is 5.92 Å². The van der Waals surface area contributed by atoms with Gasteiger partial charge in [-0.05, 0) is 43.2 Å². The molecule has 0 bridgehead atoms. The largest absolute Gasteiger partial charge is 0.372 e. The molecule has 0 saturated carbocycles. The number of hydrogen-bond acceptors (Lipinski definition) is 2. The number of morpholine rings is 1. The first-order chi connectivity index (χ1) is 11.2. The summed E-state index contributed by atoms with van der Waals surface area (Å²) < 4.78 is 5.73. The summed E-state index contributed by atoms with van der Waals surface area (Å²) in [7, 11) is 0. The zero-order chi connectivity index (χ0) is 17.9. The van der Waals surface area contributed by atoms with Crippen LogP contribution in [0.1, 0.15) is 59.1 Å². The molecule has 3 heteroatoms. The van der Waals surface area contributed by atoms with Crippen LogP contribution in [0.25, 0.3) is 0 Å². The third-order valence-corrected chi connectivity index (χ3v) is 5.31. The highest BCUT2D eigenvalue weighted by atomic mass is 16.5. The van der Waals surface area contributed by atoms with Crippen LogP contribution in [0.4, 0.5) is 0 Å². The molecule has 1 amide bonds. The van der Waals surface area contributed by atoms with Crippen molar-refractivity contribution in [3.05, 3.63) is 35.4 Å². The Morgan fingerprint density at radius 3 is 2.25 bits per heavy atom. The van der Waals surface area contributed by atoms with E-state index in [9.17, 15) is 4.79 Å². The Morgan fingerprint density at radius 1 is 1.21 bits per heavy atom. The zero-order valence-electron chi connectivity index (χ0n) is 16.1. The standard InChI is InChI=1S/C21H33NO2/c1-7-21(5,6)19-10-8-18(9-11-19)12-15(2)20(23)22-13-16(3)24-17(4)14-22/h8-11,15-17H,7,12-14H2,1-6H3. The molecule has 0 N–H and O–H groups in total. The van der Waals surface area contributed by atoms with Crippen molar-refractivity contribution in [2.45, 2.75) is 72.0 Å². The van der Waals surface area contributed by atoms with Crippen molar-refractivity contribution >= 4 is 5.91 Å². The van der Waals surface area contributed by atoms with Crippen molar-refractivity contribution in [2.24, 2.45) is 5.92 Å². The van der Waals surface area contributed by atoms with Gasteiger partial charge >= 0.3 is 0 Å². The Morgan fingerprint density at radius 2 is 1.75 bits per heavy atom. The van der Waals surface area contributed by atoms with Crippen molar-refractivity contribution in [1.82, 2.24) is 4.90 Å². The predicted octanol–water partition coefficient (Wildman–Crippen LogP) is 4.19. The summed E-state index contributed by atoms with van der Waals surface area (Å²) in [4.78, 5) is 14.7. The van der Waals surface area contributed by atoms with Gasteiger partial charge in [-0.3, -0.25) is 4.79 Å². The number of rotatable bonds is 5. The molecule has 1 saturated heterocycles. The molecule has 2 rings (SSSR count). The van der Waals surface area contributed by atoms with Crippen LogP contribution in [0.15, 0.2) is 24.3 Å². The van der Waals surface area contributed by atoms with Crippen molar-refractivity contribution in [2.75, 3.05) is 13.1 Å². The monoisotopic (exact) mass is 331 g/mol. The van der Waals surface area contributed by atoms with E-state index in [1.54, 1.807) is 0 Å². The molecule has 134 valence electrons. The summed E-state index contributed by atoms with van der Waals surface area (Å²) in [5.41, 5.74) is 2.81. The number of carbonyl (C=O) groups excluding carboxylic acids is 1. The van der Waals surface area contributed by atoms with Gasteiger partial charge < -0.3 is 9.64 Å². The van der Waals surface area contributed by atoms with Gasteiger partial charge in [0.1, 0.15) is 0 Å².